The van der Waals surface area contributed by atoms with Crippen molar-refractivity contribution in [2.45, 2.75) is 25.7 Å². The zero-order chi connectivity index (χ0) is 17.7. The highest BCUT2D eigenvalue weighted by molar-refractivity contribution is 5.92. The molecule has 26 heavy (non-hydrogen) atoms. The van der Waals surface area contributed by atoms with E-state index in [2.05, 4.69) is 30.9 Å². The minimum absolute atomic E-state index is 0.00324. The van der Waals surface area contributed by atoms with Crippen LogP contribution >= 0.6 is 0 Å². The lowest BCUT2D eigenvalue weighted by Crippen LogP contribution is -2.34. The molecule has 2 saturated heterocycles. The molecule has 0 N–H and O–H groups in total. The normalized spacial score (nSPS) is 24.8. The first-order chi connectivity index (χ1) is 12.7. The van der Waals surface area contributed by atoms with Crippen molar-refractivity contribution < 1.29 is 4.79 Å². The summed E-state index contributed by atoms with van der Waals surface area (Å²) in [7, 11) is 0. The van der Waals surface area contributed by atoms with Gasteiger partial charge in [0.2, 0.25) is 0 Å². The highest BCUT2D eigenvalue weighted by Crippen LogP contribution is 2.40. The van der Waals surface area contributed by atoms with Gasteiger partial charge in [-0.2, -0.15) is 0 Å². The van der Waals surface area contributed by atoms with E-state index in [9.17, 15) is 4.79 Å². The Morgan fingerprint density at radius 1 is 1.00 bits per heavy atom. The van der Waals surface area contributed by atoms with Crippen molar-refractivity contribution in [3.05, 3.63) is 41.9 Å². The number of anilines is 1. The summed E-state index contributed by atoms with van der Waals surface area (Å²) in [6.45, 7) is 5.36. The Morgan fingerprint density at radius 3 is 2.42 bits per heavy atom. The van der Waals surface area contributed by atoms with Gasteiger partial charge >= 0.3 is 0 Å². The van der Waals surface area contributed by atoms with Crippen LogP contribution in [0.4, 0.5) is 5.82 Å². The molecule has 1 saturated carbocycles. The summed E-state index contributed by atoms with van der Waals surface area (Å²) in [6, 6.07) is 2.16. The minimum Gasteiger partial charge on any atom is -0.356 e. The molecule has 7 nitrogen and oxygen atoms in total. The van der Waals surface area contributed by atoms with Crippen LogP contribution in [0.2, 0.25) is 0 Å². The summed E-state index contributed by atoms with van der Waals surface area (Å²) in [5.74, 6) is 2.67. The Balaban J connectivity index is 1.25. The number of likely N-dealkylation sites (tertiary alicyclic amines) is 1. The Morgan fingerprint density at radius 2 is 1.77 bits per heavy atom. The van der Waals surface area contributed by atoms with Gasteiger partial charge in [-0.3, -0.25) is 9.78 Å². The number of amides is 1. The first-order valence-corrected chi connectivity index (χ1v) is 9.32. The maximum atomic E-state index is 12.7. The van der Waals surface area contributed by atoms with Gasteiger partial charge in [-0.05, 0) is 19.8 Å². The smallest absolute Gasteiger partial charge is 0.274 e. The molecule has 0 radical (unpaired) electrons. The van der Waals surface area contributed by atoms with Gasteiger partial charge in [-0.25, -0.2) is 15.0 Å². The number of carbonyl (C=O) groups is 1. The van der Waals surface area contributed by atoms with Gasteiger partial charge in [0, 0.05) is 61.9 Å². The number of fused-ring (bicyclic) bond motifs is 1. The van der Waals surface area contributed by atoms with Crippen molar-refractivity contribution in [2.75, 3.05) is 31.1 Å². The number of nitrogens with zero attached hydrogens (tertiary/aromatic N) is 6. The molecule has 5 rings (SSSR count). The molecule has 2 aromatic heterocycles. The van der Waals surface area contributed by atoms with Crippen molar-refractivity contribution in [3.63, 3.8) is 0 Å². The maximum Gasteiger partial charge on any atom is 0.274 e. The molecular formula is C19H22N6O. The monoisotopic (exact) mass is 350 g/mol. The van der Waals surface area contributed by atoms with Crippen LogP contribution in [0.1, 0.15) is 40.6 Å². The fourth-order valence-corrected chi connectivity index (χ4v) is 4.15. The van der Waals surface area contributed by atoms with E-state index < -0.39 is 0 Å². The third-order valence-corrected chi connectivity index (χ3v) is 5.77. The Labute approximate surface area is 152 Å². The zero-order valence-electron chi connectivity index (χ0n) is 14.9. The number of aromatic nitrogens is 4. The van der Waals surface area contributed by atoms with Crippen molar-refractivity contribution in [3.8, 4) is 0 Å². The number of aryl methyl sites for hydroxylation is 1. The largest absolute Gasteiger partial charge is 0.356 e. The molecule has 2 unspecified atom stereocenters. The van der Waals surface area contributed by atoms with E-state index in [4.69, 9.17) is 0 Å². The average Bonchev–Trinajstić information content (AvgIpc) is 3.32. The second-order valence-corrected chi connectivity index (χ2v) is 7.75. The van der Waals surface area contributed by atoms with Crippen molar-refractivity contribution in [1.82, 2.24) is 24.8 Å². The zero-order valence-corrected chi connectivity index (χ0v) is 14.9. The van der Waals surface area contributed by atoms with Crippen LogP contribution in [0.15, 0.2) is 24.8 Å². The molecule has 1 amide bonds. The Hall–Kier alpha value is -2.57. The third kappa shape index (κ3) is 2.81. The summed E-state index contributed by atoms with van der Waals surface area (Å²) >= 11 is 0. The van der Waals surface area contributed by atoms with Crippen LogP contribution in [-0.4, -0.2) is 56.9 Å². The van der Waals surface area contributed by atoms with Crippen LogP contribution in [-0.2, 0) is 0 Å². The molecule has 0 aromatic carbocycles. The van der Waals surface area contributed by atoms with Gasteiger partial charge in [-0.1, -0.05) is 0 Å². The number of rotatable bonds is 3. The van der Waals surface area contributed by atoms with E-state index >= 15 is 0 Å². The van der Waals surface area contributed by atoms with E-state index in [1.165, 1.54) is 18.5 Å². The molecule has 2 aliphatic heterocycles. The van der Waals surface area contributed by atoms with Crippen LogP contribution in [0.25, 0.3) is 0 Å². The van der Waals surface area contributed by atoms with Gasteiger partial charge in [0.15, 0.2) is 0 Å². The lowest BCUT2D eigenvalue weighted by molar-refractivity contribution is 0.0776. The predicted molar refractivity (Wildman–Crippen MR) is 95.9 cm³/mol. The maximum absolute atomic E-state index is 12.7. The highest BCUT2D eigenvalue weighted by atomic mass is 16.2. The summed E-state index contributed by atoms with van der Waals surface area (Å²) in [4.78, 5) is 34.3. The quantitative estimate of drug-likeness (QED) is 0.838. The van der Waals surface area contributed by atoms with Crippen LogP contribution in [0.5, 0.6) is 0 Å². The lowest BCUT2D eigenvalue weighted by atomic mass is 10.0. The first-order valence-electron chi connectivity index (χ1n) is 9.32. The second-order valence-electron chi connectivity index (χ2n) is 7.75. The van der Waals surface area contributed by atoms with Crippen molar-refractivity contribution >= 4 is 11.7 Å². The molecule has 3 aliphatic rings. The number of hydrogen-bond donors (Lipinski definition) is 0. The minimum atomic E-state index is -0.00324. The molecule has 134 valence electrons. The van der Waals surface area contributed by atoms with E-state index in [0.29, 0.717) is 23.4 Å². The van der Waals surface area contributed by atoms with Crippen LogP contribution in [0.3, 0.4) is 0 Å². The molecule has 1 aliphatic carbocycles. The molecule has 2 aromatic rings. The highest BCUT2D eigenvalue weighted by Gasteiger charge is 2.42. The molecule has 0 spiro atoms. The first kappa shape index (κ1) is 15.7. The topological polar surface area (TPSA) is 75.1 Å². The van der Waals surface area contributed by atoms with Crippen molar-refractivity contribution in [1.29, 1.82) is 0 Å². The van der Waals surface area contributed by atoms with Gasteiger partial charge in [-0.15, -0.1) is 0 Å². The van der Waals surface area contributed by atoms with Gasteiger partial charge in [0.1, 0.15) is 17.8 Å². The Bertz CT molecular complexity index is 820. The molecule has 0 bridgehead atoms. The van der Waals surface area contributed by atoms with E-state index in [-0.39, 0.29) is 5.91 Å². The fourth-order valence-electron chi connectivity index (χ4n) is 4.15. The summed E-state index contributed by atoms with van der Waals surface area (Å²) in [5, 5.41) is 0. The molecule has 2 atom stereocenters. The molecule has 4 heterocycles. The number of hydrogen-bond acceptors (Lipinski definition) is 6. The SMILES string of the molecule is Cc1cnc(C(=O)N2CC3CN(c4cc(C5CC5)ncn4)CC3C2)cn1. The average molecular weight is 350 g/mol. The summed E-state index contributed by atoms with van der Waals surface area (Å²) < 4.78 is 0. The van der Waals surface area contributed by atoms with E-state index in [1.54, 1.807) is 18.7 Å². The molecular weight excluding hydrogens is 328 g/mol. The Kier molecular flexibility index (Phi) is 3.62. The fraction of sp³-hybridized carbons (Fsp3) is 0.526. The predicted octanol–water partition coefficient (Wildman–Crippen LogP) is 1.66. The van der Waals surface area contributed by atoms with Crippen LogP contribution < -0.4 is 4.90 Å². The van der Waals surface area contributed by atoms with Crippen LogP contribution in [0, 0.1) is 18.8 Å². The summed E-state index contributed by atoms with van der Waals surface area (Å²) in [5.41, 5.74) is 2.45. The third-order valence-electron chi connectivity index (χ3n) is 5.77. The van der Waals surface area contributed by atoms with Crippen molar-refractivity contribution in [2.24, 2.45) is 11.8 Å². The van der Waals surface area contributed by atoms with E-state index in [0.717, 1.165) is 37.7 Å². The number of carbonyl (C=O) groups excluding carboxylic acids is 1. The second kappa shape index (κ2) is 6.00. The molecule has 3 fully saturated rings. The van der Waals surface area contributed by atoms with E-state index in [1.807, 2.05) is 11.8 Å². The standard InChI is InChI=1S/C19H22N6O/c1-12-5-21-17(6-20-12)19(26)25-9-14-7-24(8-15(14)10-25)18-4-16(13-2-3-13)22-11-23-18/h4-6,11,13-15H,2-3,7-10H2,1H3. The van der Waals surface area contributed by atoms with Gasteiger partial charge in [0.25, 0.3) is 5.91 Å². The molecule has 7 heteroatoms. The summed E-state index contributed by atoms with van der Waals surface area (Å²) in [6.07, 6.45) is 7.43. The van der Waals surface area contributed by atoms with Gasteiger partial charge < -0.3 is 9.80 Å². The lowest BCUT2D eigenvalue weighted by Gasteiger charge is -2.22. The van der Waals surface area contributed by atoms with Gasteiger partial charge in [0.05, 0.1) is 11.9 Å².